The van der Waals surface area contributed by atoms with Crippen molar-refractivity contribution in [1.82, 2.24) is 0 Å². The van der Waals surface area contributed by atoms with Crippen molar-refractivity contribution in [1.29, 1.82) is 0 Å². The molecule has 0 saturated heterocycles. The van der Waals surface area contributed by atoms with Crippen LogP contribution in [0.5, 0.6) is 0 Å². The summed E-state index contributed by atoms with van der Waals surface area (Å²) in [5, 5.41) is 7.11. The maximum atomic E-state index is 12.3. The standard InChI is InChI=1S/C16H13Cl2N3O2/c17-11-6-10(7-12(18)15(11)19)20-16(22)13-8-14(23-21-13)9-4-2-1-3-5-9/h1-7,14H,8,19H2,(H,20,22)/t14-/m0/s1. The maximum absolute atomic E-state index is 12.3. The van der Waals surface area contributed by atoms with E-state index in [-0.39, 0.29) is 27.7 Å². The summed E-state index contributed by atoms with van der Waals surface area (Å²) >= 11 is 11.9. The van der Waals surface area contributed by atoms with Gasteiger partial charge in [-0.05, 0) is 17.7 Å². The number of benzene rings is 2. The minimum absolute atomic E-state index is 0.254. The molecule has 118 valence electrons. The van der Waals surface area contributed by atoms with Crippen LogP contribution in [0.25, 0.3) is 0 Å². The molecule has 7 heteroatoms. The Morgan fingerprint density at radius 2 is 1.87 bits per heavy atom. The average molecular weight is 350 g/mol. The first-order valence-corrected chi connectivity index (χ1v) is 7.63. The summed E-state index contributed by atoms with van der Waals surface area (Å²) in [6, 6.07) is 12.7. The number of nitrogens with two attached hydrogens (primary N) is 1. The quantitative estimate of drug-likeness (QED) is 0.821. The molecule has 0 fully saturated rings. The molecule has 5 nitrogen and oxygen atoms in total. The number of halogens is 2. The van der Waals surface area contributed by atoms with E-state index < -0.39 is 0 Å². The summed E-state index contributed by atoms with van der Waals surface area (Å²) in [6.07, 6.45) is 0.141. The van der Waals surface area contributed by atoms with Gasteiger partial charge in [0.25, 0.3) is 5.91 Å². The second-order valence-corrected chi connectivity index (χ2v) is 5.87. The lowest BCUT2D eigenvalue weighted by Gasteiger charge is -2.09. The van der Waals surface area contributed by atoms with E-state index in [0.29, 0.717) is 17.8 Å². The van der Waals surface area contributed by atoms with Gasteiger partial charge in [0.2, 0.25) is 0 Å². The molecule has 0 aromatic heterocycles. The molecule has 1 aliphatic rings. The molecule has 1 amide bonds. The number of carbonyl (C=O) groups excluding carboxylic acids is 1. The van der Waals surface area contributed by atoms with Gasteiger partial charge in [-0.3, -0.25) is 4.79 Å². The van der Waals surface area contributed by atoms with Crippen LogP contribution in [0.3, 0.4) is 0 Å². The fourth-order valence-corrected chi connectivity index (χ4v) is 2.70. The Hall–Kier alpha value is -2.24. The van der Waals surface area contributed by atoms with Crippen molar-refractivity contribution in [3.63, 3.8) is 0 Å². The van der Waals surface area contributed by atoms with Gasteiger partial charge in [0, 0.05) is 12.1 Å². The number of nitrogen functional groups attached to an aromatic ring is 1. The third kappa shape index (κ3) is 3.41. The first-order chi connectivity index (χ1) is 11.0. The second kappa shape index (κ2) is 6.48. The van der Waals surface area contributed by atoms with Gasteiger partial charge in [-0.25, -0.2) is 0 Å². The lowest BCUT2D eigenvalue weighted by molar-refractivity contribution is -0.110. The van der Waals surface area contributed by atoms with Gasteiger partial charge in [0.1, 0.15) is 5.71 Å². The minimum Gasteiger partial charge on any atom is -0.396 e. The Labute approximate surface area is 143 Å². The molecule has 0 aliphatic carbocycles. The van der Waals surface area contributed by atoms with Crippen LogP contribution < -0.4 is 11.1 Å². The average Bonchev–Trinajstić information content (AvgIpc) is 3.03. The smallest absolute Gasteiger partial charge is 0.273 e. The Balaban J connectivity index is 1.68. The van der Waals surface area contributed by atoms with Gasteiger partial charge in [-0.1, -0.05) is 58.7 Å². The molecule has 3 N–H and O–H groups in total. The SMILES string of the molecule is Nc1c(Cl)cc(NC(=O)C2=NO[C@H](c3ccccc3)C2)cc1Cl. The third-order valence-electron chi connectivity index (χ3n) is 3.44. The van der Waals surface area contributed by atoms with Gasteiger partial charge < -0.3 is 15.9 Å². The minimum atomic E-state index is -0.361. The summed E-state index contributed by atoms with van der Waals surface area (Å²) in [7, 11) is 0. The van der Waals surface area contributed by atoms with Crippen molar-refractivity contribution in [2.24, 2.45) is 5.16 Å². The van der Waals surface area contributed by atoms with E-state index in [0.717, 1.165) is 5.56 Å². The van der Waals surface area contributed by atoms with E-state index in [1.165, 1.54) is 12.1 Å². The summed E-state index contributed by atoms with van der Waals surface area (Å²) in [4.78, 5) is 17.6. The number of nitrogens with one attached hydrogen (secondary N) is 1. The first kappa shape index (κ1) is 15.6. The van der Waals surface area contributed by atoms with E-state index in [1.54, 1.807) is 0 Å². The Morgan fingerprint density at radius 1 is 1.22 bits per heavy atom. The molecule has 0 radical (unpaired) electrons. The zero-order valence-corrected chi connectivity index (χ0v) is 13.4. The zero-order valence-electron chi connectivity index (χ0n) is 11.9. The summed E-state index contributed by atoms with van der Waals surface area (Å²) in [5.41, 5.74) is 7.67. The normalized spacial score (nSPS) is 16.6. The number of anilines is 2. The van der Waals surface area contributed by atoms with Crippen LogP contribution in [0.4, 0.5) is 11.4 Å². The maximum Gasteiger partial charge on any atom is 0.273 e. The largest absolute Gasteiger partial charge is 0.396 e. The first-order valence-electron chi connectivity index (χ1n) is 6.88. The molecule has 0 saturated carbocycles. The number of rotatable bonds is 3. The van der Waals surface area contributed by atoms with Gasteiger partial charge in [-0.2, -0.15) is 0 Å². The lowest BCUT2D eigenvalue weighted by Crippen LogP contribution is -2.21. The predicted octanol–water partition coefficient (Wildman–Crippen LogP) is 4.03. The van der Waals surface area contributed by atoms with Crippen molar-refractivity contribution in [2.45, 2.75) is 12.5 Å². The van der Waals surface area contributed by atoms with Crippen molar-refractivity contribution in [3.05, 3.63) is 58.1 Å². The van der Waals surface area contributed by atoms with Crippen LogP contribution in [0, 0.1) is 0 Å². The summed E-state index contributed by atoms with van der Waals surface area (Å²) in [5.74, 6) is -0.361. The fraction of sp³-hybridized carbons (Fsp3) is 0.125. The highest BCUT2D eigenvalue weighted by Gasteiger charge is 2.27. The van der Waals surface area contributed by atoms with E-state index in [4.69, 9.17) is 33.8 Å². The van der Waals surface area contributed by atoms with Crippen molar-refractivity contribution in [3.8, 4) is 0 Å². The van der Waals surface area contributed by atoms with Crippen LogP contribution in [-0.2, 0) is 9.63 Å². The topological polar surface area (TPSA) is 76.7 Å². The molecule has 0 unspecified atom stereocenters. The molecule has 23 heavy (non-hydrogen) atoms. The molecular formula is C16H13Cl2N3O2. The Bertz CT molecular complexity index is 755. The van der Waals surface area contributed by atoms with E-state index in [9.17, 15) is 4.79 Å². The number of oxime groups is 1. The number of carbonyl (C=O) groups is 1. The number of amides is 1. The molecule has 2 aromatic carbocycles. The van der Waals surface area contributed by atoms with Crippen LogP contribution in [-0.4, -0.2) is 11.6 Å². The van der Waals surface area contributed by atoms with Crippen molar-refractivity contribution >= 4 is 46.2 Å². The van der Waals surface area contributed by atoms with E-state index in [2.05, 4.69) is 10.5 Å². The van der Waals surface area contributed by atoms with Gasteiger partial charge in [0.05, 0.1) is 15.7 Å². The zero-order chi connectivity index (χ0) is 16.4. The molecule has 1 aliphatic heterocycles. The fourth-order valence-electron chi connectivity index (χ4n) is 2.22. The molecule has 0 bridgehead atoms. The molecular weight excluding hydrogens is 337 g/mol. The van der Waals surface area contributed by atoms with Crippen LogP contribution in [0.1, 0.15) is 18.1 Å². The lowest BCUT2D eigenvalue weighted by atomic mass is 10.0. The van der Waals surface area contributed by atoms with Crippen LogP contribution >= 0.6 is 23.2 Å². The highest BCUT2D eigenvalue weighted by Crippen LogP contribution is 2.32. The van der Waals surface area contributed by atoms with Gasteiger partial charge >= 0.3 is 0 Å². The molecule has 0 spiro atoms. The Morgan fingerprint density at radius 3 is 2.52 bits per heavy atom. The van der Waals surface area contributed by atoms with E-state index >= 15 is 0 Å². The van der Waals surface area contributed by atoms with Gasteiger partial charge in [-0.15, -0.1) is 0 Å². The Kier molecular flexibility index (Phi) is 4.41. The molecule has 3 rings (SSSR count). The van der Waals surface area contributed by atoms with Crippen molar-refractivity contribution in [2.75, 3.05) is 11.1 Å². The van der Waals surface area contributed by atoms with Crippen LogP contribution in [0.15, 0.2) is 47.6 Å². The summed E-state index contributed by atoms with van der Waals surface area (Å²) in [6.45, 7) is 0. The van der Waals surface area contributed by atoms with Gasteiger partial charge in [0.15, 0.2) is 6.10 Å². The molecule has 1 heterocycles. The predicted molar refractivity (Wildman–Crippen MR) is 91.8 cm³/mol. The number of hydrogen-bond donors (Lipinski definition) is 2. The van der Waals surface area contributed by atoms with Crippen LogP contribution in [0.2, 0.25) is 10.0 Å². The molecule has 2 aromatic rings. The van der Waals surface area contributed by atoms with Crippen molar-refractivity contribution < 1.29 is 9.63 Å². The number of nitrogens with zero attached hydrogens (tertiary/aromatic N) is 1. The number of hydrogen-bond acceptors (Lipinski definition) is 4. The summed E-state index contributed by atoms with van der Waals surface area (Å²) < 4.78 is 0. The highest BCUT2D eigenvalue weighted by molar-refractivity contribution is 6.44. The monoisotopic (exact) mass is 349 g/mol. The molecule has 1 atom stereocenters. The van der Waals surface area contributed by atoms with E-state index in [1.807, 2.05) is 30.3 Å². The third-order valence-corrected chi connectivity index (χ3v) is 4.06. The highest BCUT2D eigenvalue weighted by atomic mass is 35.5. The second-order valence-electron chi connectivity index (χ2n) is 5.05.